The molecule has 1 heterocycles. The van der Waals surface area contributed by atoms with Gasteiger partial charge in [-0.15, -0.1) is 23.7 Å². The zero-order valence-corrected chi connectivity index (χ0v) is 8.70. The zero-order chi connectivity index (χ0) is 8.39. The lowest BCUT2D eigenvalue weighted by Gasteiger charge is -1.85. The van der Waals surface area contributed by atoms with Gasteiger partial charge in [0, 0.05) is 6.42 Å². The number of benzene rings is 1. The van der Waals surface area contributed by atoms with E-state index in [1.54, 1.807) is 11.3 Å². The van der Waals surface area contributed by atoms with Crippen LogP contribution in [0.1, 0.15) is 5.01 Å². The average molecular weight is 215 g/mol. The summed E-state index contributed by atoms with van der Waals surface area (Å²) in [5.41, 5.74) is 6.54. The summed E-state index contributed by atoms with van der Waals surface area (Å²) in [6.07, 6.45) is 0.888. The summed E-state index contributed by atoms with van der Waals surface area (Å²) in [4.78, 5) is 4.44. The maximum atomic E-state index is 5.45. The molecule has 0 saturated heterocycles. The molecule has 0 unspecified atom stereocenters. The molecule has 70 valence electrons. The second-order valence-electron chi connectivity index (χ2n) is 2.61. The molecule has 1 aromatic heterocycles. The van der Waals surface area contributed by atoms with Crippen molar-refractivity contribution in [1.29, 1.82) is 0 Å². The third-order valence-corrected chi connectivity index (χ3v) is 2.79. The molecular weight excluding hydrogens is 204 g/mol. The smallest absolute Gasteiger partial charge is 0.0951 e. The molecule has 0 saturated carbocycles. The quantitative estimate of drug-likeness (QED) is 0.833. The Bertz CT molecular complexity index is 353. The highest BCUT2D eigenvalue weighted by atomic mass is 35.5. The van der Waals surface area contributed by atoms with E-state index in [4.69, 9.17) is 5.73 Å². The Balaban J connectivity index is 0.000000845. The summed E-state index contributed by atoms with van der Waals surface area (Å²) in [5.74, 6) is 0. The highest BCUT2D eigenvalue weighted by molar-refractivity contribution is 7.18. The first kappa shape index (κ1) is 10.4. The minimum Gasteiger partial charge on any atom is -0.330 e. The first-order valence-electron chi connectivity index (χ1n) is 3.94. The summed E-state index contributed by atoms with van der Waals surface area (Å²) in [7, 11) is 0. The first-order chi connectivity index (χ1) is 5.90. The van der Waals surface area contributed by atoms with E-state index in [9.17, 15) is 0 Å². The van der Waals surface area contributed by atoms with Crippen LogP contribution in [0.3, 0.4) is 0 Å². The van der Waals surface area contributed by atoms with Crippen molar-refractivity contribution >= 4 is 34.0 Å². The minimum atomic E-state index is 0. The van der Waals surface area contributed by atoms with Gasteiger partial charge in [0.05, 0.1) is 15.2 Å². The van der Waals surface area contributed by atoms with E-state index in [1.165, 1.54) is 4.70 Å². The Morgan fingerprint density at radius 1 is 1.31 bits per heavy atom. The molecule has 1 aromatic carbocycles. The van der Waals surface area contributed by atoms with Gasteiger partial charge in [0.15, 0.2) is 0 Å². The predicted octanol–water partition coefficient (Wildman–Crippen LogP) is 2.22. The third-order valence-electron chi connectivity index (χ3n) is 1.70. The van der Waals surface area contributed by atoms with E-state index in [-0.39, 0.29) is 12.4 Å². The van der Waals surface area contributed by atoms with Crippen molar-refractivity contribution in [2.45, 2.75) is 6.42 Å². The van der Waals surface area contributed by atoms with Gasteiger partial charge in [0.25, 0.3) is 0 Å². The highest BCUT2D eigenvalue weighted by Crippen LogP contribution is 2.21. The van der Waals surface area contributed by atoms with E-state index in [0.717, 1.165) is 16.9 Å². The topological polar surface area (TPSA) is 38.9 Å². The van der Waals surface area contributed by atoms with Crippen LogP contribution in [0, 0.1) is 0 Å². The lowest BCUT2D eigenvalue weighted by atomic mass is 10.3. The van der Waals surface area contributed by atoms with Crippen LogP contribution in [0.15, 0.2) is 24.3 Å². The van der Waals surface area contributed by atoms with Gasteiger partial charge < -0.3 is 5.73 Å². The van der Waals surface area contributed by atoms with E-state index in [1.807, 2.05) is 18.2 Å². The number of hydrogen-bond donors (Lipinski definition) is 1. The number of thiazole rings is 1. The summed E-state index contributed by atoms with van der Waals surface area (Å²) in [6.45, 7) is 0.680. The Morgan fingerprint density at radius 3 is 2.77 bits per heavy atom. The summed E-state index contributed by atoms with van der Waals surface area (Å²) < 4.78 is 1.25. The van der Waals surface area contributed by atoms with Crippen LogP contribution in [0.25, 0.3) is 10.2 Å². The SMILES string of the molecule is Cl.NCCc1nc2ccccc2s1. The number of nitrogens with two attached hydrogens (primary N) is 1. The molecular formula is C9H11ClN2S. The fraction of sp³-hybridized carbons (Fsp3) is 0.222. The van der Waals surface area contributed by atoms with Crippen LogP contribution in [0.2, 0.25) is 0 Å². The van der Waals surface area contributed by atoms with Crippen LogP contribution in [-0.4, -0.2) is 11.5 Å². The third kappa shape index (κ3) is 2.18. The Hall–Kier alpha value is -0.640. The zero-order valence-electron chi connectivity index (χ0n) is 7.06. The molecule has 2 rings (SSSR count). The summed E-state index contributed by atoms with van der Waals surface area (Å²) in [6, 6.07) is 8.17. The molecule has 2 nitrogen and oxygen atoms in total. The number of hydrogen-bond acceptors (Lipinski definition) is 3. The van der Waals surface area contributed by atoms with Gasteiger partial charge in [-0.25, -0.2) is 4.98 Å². The number of aromatic nitrogens is 1. The van der Waals surface area contributed by atoms with Crippen LogP contribution >= 0.6 is 23.7 Å². The number of rotatable bonds is 2. The van der Waals surface area contributed by atoms with E-state index in [2.05, 4.69) is 11.1 Å². The molecule has 0 aliphatic rings. The first-order valence-corrected chi connectivity index (χ1v) is 4.76. The molecule has 4 heteroatoms. The van der Waals surface area contributed by atoms with E-state index >= 15 is 0 Å². The van der Waals surface area contributed by atoms with Gasteiger partial charge in [-0.05, 0) is 18.7 Å². The second-order valence-corrected chi connectivity index (χ2v) is 3.73. The lowest BCUT2D eigenvalue weighted by Crippen LogP contribution is -2.01. The number of halogens is 1. The molecule has 0 aliphatic heterocycles. The number of para-hydroxylation sites is 1. The molecule has 2 N–H and O–H groups in total. The van der Waals surface area contributed by atoms with Crippen molar-refractivity contribution in [3.8, 4) is 0 Å². The molecule has 13 heavy (non-hydrogen) atoms. The van der Waals surface area contributed by atoms with Crippen molar-refractivity contribution in [3.63, 3.8) is 0 Å². The van der Waals surface area contributed by atoms with Crippen molar-refractivity contribution < 1.29 is 0 Å². The van der Waals surface area contributed by atoms with Gasteiger partial charge in [-0.3, -0.25) is 0 Å². The normalized spacial score (nSPS) is 9.92. The largest absolute Gasteiger partial charge is 0.330 e. The predicted molar refractivity (Wildman–Crippen MR) is 59.6 cm³/mol. The monoisotopic (exact) mass is 214 g/mol. The van der Waals surface area contributed by atoms with Crippen LogP contribution in [0.5, 0.6) is 0 Å². The molecule has 0 amide bonds. The Labute approximate surface area is 87.2 Å². The maximum Gasteiger partial charge on any atom is 0.0951 e. The Morgan fingerprint density at radius 2 is 2.08 bits per heavy atom. The van der Waals surface area contributed by atoms with Gasteiger partial charge >= 0.3 is 0 Å². The molecule has 0 fully saturated rings. The van der Waals surface area contributed by atoms with Gasteiger partial charge in [-0.2, -0.15) is 0 Å². The second kappa shape index (κ2) is 4.56. The molecule has 0 atom stereocenters. The fourth-order valence-corrected chi connectivity index (χ4v) is 2.13. The lowest BCUT2D eigenvalue weighted by molar-refractivity contribution is 0.958. The van der Waals surface area contributed by atoms with Gasteiger partial charge in [0.2, 0.25) is 0 Å². The fourth-order valence-electron chi connectivity index (χ4n) is 1.15. The van der Waals surface area contributed by atoms with Crippen LogP contribution < -0.4 is 5.73 Å². The van der Waals surface area contributed by atoms with Crippen molar-refractivity contribution in [2.24, 2.45) is 5.73 Å². The molecule has 0 spiro atoms. The van der Waals surface area contributed by atoms with Gasteiger partial charge in [-0.1, -0.05) is 12.1 Å². The number of nitrogens with zero attached hydrogens (tertiary/aromatic N) is 1. The minimum absolute atomic E-state index is 0. The van der Waals surface area contributed by atoms with Crippen LogP contribution in [0.4, 0.5) is 0 Å². The molecule has 0 bridgehead atoms. The number of fused-ring (bicyclic) bond motifs is 1. The van der Waals surface area contributed by atoms with E-state index < -0.39 is 0 Å². The van der Waals surface area contributed by atoms with Crippen molar-refractivity contribution in [3.05, 3.63) is 29.3 Å². The molecule has 0 aliphatic carbocycles. The van der Waals surface area contributed by atoms with Crippen LogP contribution in [-0.2, 0) is 6.42 Å². The summed E-state index contributed by atoms with van der Waals surface area (Å²) in [5, 5.41) is 1.14. The standard InChI is InChI=1S/C9H10N2S.ClH/c10-6-5-9-11-7-3-1-2-4-8(7)12-9;/h1-4H,5-6,10H2;1H. The Kier molecular flexibility index (Phi) is 3.66. The van der Waals surface area contributed by atoms with E-state index in [0.29, 0.717) is 6.54 Å². The van der Waals surface area contributed by atoms with Crippen molar-refractivity contribution in [2.75, 3.05) is 6.54 Å². The maximum absolute atomic E-state index is 5.45. The van der Waals surface area contributed by atoms with Crippen molar-refractivity contribution in [1.82, 2.24) is 4.98 Å². The average Bonchev–Trinajstić information content (AvgIpc) is 2.47. The van der Waals surface area contributed by atoms with Gasteiger partial charge in [0.1, 0.15) is 0 Å². The summed E-state index contributed by atoms with van der Waals surface area (Å²) >= 11 is 1.73. The molecule has 2 aromatic rings. The highest BCUT2D eigenvalue weighted by Gasteiger charge is 2.00. The molecule has 0 radical (unpaired) electrons.